The van der Waals surface area contributed by atoms with E-state index in [1.807, 2.05) is 26.0 Å². The topological polar surface area (TPSA) is 106 Å². The molecule has 3 aromatic carbocycles. The van der Waals surface area contributed by atoms with Crippen LogP contribution in [0.1, 0.15) is 21.5 Å². The number of hydrogen-bond donors (Lipinski definition) is 3. The number of nitrogens with zero attached hydrogens (tertiary/aromatic N) is 2. The number of benzene rings is 3. The largest absolute Gasteiger partial charge is 0.398 e. The van der Waals surface area contributed by atoms with Crippen molar-refractivity contribution < 1.29 is 4.79 Å². The summed E-state index contributed by atoms with van der Waals surface area (Å²) in [7, 11) is 0. The van der Waals surface area contributed by atoms with Crippen LogP contribution in [0.15, 0.2) is 70.9 Å². The van der Waals surface area contributed by atoms with Crippen molar-refractivity contribution in [3.05, 3.63) is 77.4 Å². The highest BCUT2D eigenvalue weighted by molar-refractivity contribution is 6.04. The molecule has 0 unspecified atom stereocenters. The number of carbonyl (C=O) groups is 1. The van der Waals surface area contributed by atoms with Gasteiger partial charge in [-0.25, -0.2) is 0 Å². The maximum atomic E-state index is 12.2. The molecule has 0 heterocycles. The van der Waals surface area contributed by atoms with Crippen molar-refractivity contribution in [2.75, 3.05) is 16.8 Å². The Morgan fingerprint density at radius 3 is 2.19 bits per heavy atom. The van der Waals surface area contributed by atoms with Crippen molar-refractivity contribution in [3.8, 4) is 0 Å². The first-order chi connectivity index (χ1) is 12.9. The first kappa shape index (κ1) is 18.1. The van der Waals surface area contributed by atoms with Gasteiger partial charge in [-0.3, -0.25) is 4.79 Å². The number of anilines is 3. The number of nitrogens with one attached hydrogen (secondary N) is 1. The van der Waals surface area contributed by atoms with Gasteiger partial charge in [0.05, 0.1) is 11.4 Å². The molecule has 0 saturated heterocycles. The highest BCUT2D eigenvalue weighted by Gasteiger charge is 2.06. The molecule has 0 aliphatic rings. The van der Waals surface area contributed by atoms with E-state index in [0.29, 0.717) is 34.0 Å². The van der Waals surface area contributed by atoms with E-state index in [2.05, 4.69) is 15.5 Å². The number of rotatable bonds is 4. The summed E-state index contributed by atoms with van der Waals surface area (Å²) in [6, 6.07) is 18.0. The molecule has 0 atom stereocenters. The first-order valence-electron chi connectivity index (χ1n) is 8.48. The number of amides is 1. The summed E-state index contributed by atoms with van der Waals surface area (Å²) in [5.41, 5.74) is 17.3. The van der Waals surface area contributed by atoms with E-state index < -0.39 is 0 Å². The number of aryl methyl sites for hydroxylation is 2. The van der Waals surface area contributed by atoms with Crippen molar-refractivity contribution in [1.29, 1.82) is 0 Å². The Balaban J connectivity index is 1.69. The van der Waals surface area contributed by atoms with Gasteiger partial charge < -0.3 is 16.8 Å². The molecule has 5 N–H and O–H groups in total. The Labute approximate surface area is 157 Å². The lowest BCUT2D eigenvalue weighted by molar-refractivity contribution is 0.102. The highest BCUT2D eigenvalue weighted by atomic mass is 16.1. The zero-order valence-electron chi connectivity index (χ0n) is 15.2. The van der Waals surface area contributed by atoms with Crippen molar-refractivity contribution in [3.63, 3.8) is 0 Å². The second-order valence-corrected chi connectivity index (χ2v) is 6.33. The van der Waals surface area contributed by atoms with Crippen LogP contribution in [0.2, 0.25) is 0 Å². The van der Waals surface area contributed by atoms with Gasteiger partial charge in [-0.1, -0.05) is 17.7 Å². The van der Waals surface area contributed by atoms with Crippen LogP contribution in [0, 0.1) is 13.8 Å². The van der Waals surface area contributed by atoms with Crippen molar-refractivity contribution >= 4 is 34.3 Å². The Hall–Kier alpha value is -3.67. The van der Waals surface area contributed by atoms with Gasteiger partial charge in [-0.15, -0.1) is 5.11 Å². The van der Waals surface area contributed by atoms with Gasteiger partial charge in [0.25, 0.3) is 5.91 Å². The molecule has 0 radical (unpaired) electrons. The summed E-state index contributed by atoms with van der Waals surface area (Å²) in [5, 5.41) is 11.2. The number of azo groups is 1. The molecule has 27 heavy (non-hydrogen) atoms. The maximum absolute atomic E-state index is 12.2. The number of nitrogens with two attached hydrogens (primary N) is 2. The van der Waals surface area contributed by atoms with Crippen LogP contribution in [-0.2, 0) is 0 Å². The normalized spacial score (nSPS) is 10.9. The molecule has 3 rings (SSSR count). The Morgan fingerprint density at radius 1 is 0.852 bits per heavy atom. The molecule has 3 aromatic rings. The lowest BCUT2D eigenvalue weighted by Crippen LogP contribution is -2.11. The maximum Gasteiger partial charge on any atom is 0.255 e. The summed E-state index contributed by atoms with van der Waals surface area (Å²) in [4.78, 5) is 12.2. The minimum absolute atomic E-state index is 0.158. The molecule has 1 amide bonds. The quantitative estimate of drug-likeness (QED) is 0.444. The molecular formula is C21H21N5O. The molecule has 0 aliphatic carbocycles. The van der Waals surface area contributed by atoms with Crippen molar-refractivity contribution in [2.45, 2.75) is 13.8 Å². The number of hydrogen-bond acceptors (Lipinski definition) is 5. The monoisotopic (exact) mass is 359 g/mol. The van der Waals surface area contributed by atoms with E-state index in [1.165, 1.54) is 0 Å². The summed E-state index contributed by atoms with van der Waals surface area (Å²) in [5.74, 6) is -0.158. The molecular weight excluding hydrogens is 338 g/mol. The van der Waals surface area contributed by atoms with Crippen LogP contribution in [0.25, 0.3) is 0 Å². The minimum atomic E-state index is -0.158. The standard InChI is InChI=1S/C21H21N5O/c1-13-3-5-15(6-4-13)21(27)24-16-7-9-17(10-8-16)25-26-20-11-14(2)18(22)12-19(20)23/h3-12H,22-23H2,1-2H3,(H,24,27). The molecule has 0 fully saturated rings. The van der Waals surface area contributed by atoms with Gasteiger partial charge >= 0.3 is 0 Å². The fourth-order valence-corrected chi connectivity index (χ4v) is 2.44. The second-order valence-electron chi connectivity index (χ2n) is 6.33. The Bertz CT molecular complexity index is 992. The smallest absolute Gasteiger partial charge is 0.255 e. The number of nitrogen functional groups attached to an aromatic ring is 2. The van der Waals surface area contributed by atoms with Crippen LogP contribution in [0.4, 0.5) is 28.4 Å². The lowest BCUT2D eigenvalue weighted by Gasteiger charge is -2.06. The summed E-state index contributed by atoms with van der Waals surface area (Å²) in [6.07, 6.45) is 0. The molecule has 0 bridgehead atoms. The molecule has 136 valence electrons. The van der Waals surface area contributed by atoms with Crippen LogP contribution in [-0.4, -0.2) is 5.91 Å². The predicted octanol–water partition coefficient (Wildman–Crippen LogP) is 5.14. The molecule has 0 spiro atoms. The van der Waals surface area contributed by atoms with Gasteiger partial charge in [0.15, 0.2) is 0 Å². The van der Waals surface area contributed by atoms with E-state index in [1.54, 1.807) is 48.5 Å². The van der Waals surface area contributed by atoms with Crippen molar-refractivity contribution in [2.24, 2.45) is 10.2 Å². The predicted molar refractivity (Wildman–Crippen MR) is 110 cm³/mol. The van der Waals surface area contributed by atoms with Gasteiger partial charge in [0, 0.05) is 16.9 Å². The minimum Gasteiger partial charge on any atom is -0.398 e. The van der Waals surface area contributed by atoms with E-state index in [9.17, 15) is 4.79 Å². The lowest BCUT2D eigenvalue weighted by atomic mass is 10.1. The zero-order chi connectivity index (χ0) is 19.4. The third kappa shape index (κ3) is 4.49. The summed E-state index contributed by atoms with van der Waals surface area (Å²) < 4.78 is 0. The van der Waals surface area contributed by atoms with E-state index in [-0.39, 0.29) is 5.91 Å². The molecule has 0 aromatic heterocycles. The molecule has 6 heteroatoms. The Morgan fingerprint density at radius 2 is 1.52 bits per heavy atom. The summed E-state index contributed by atoms with van der Waals surface area (Å²) >= 11 is 0. The van der Waals surface area contributed by atoms with Crippen molar-refractivity contribution in [1.82, 2.24) is 0 Å². The number of carbonyl (C=O) groups excluding carboxylic acids is 1. The molecule has 0 saturated carbocycles. The van der Waals surface area contributed by atoms with Crippen LogP contribution >= 0.6 is 0 Å². The fraction of sp³-hybridized carbons (Fsp3) is 0.0952. The Kier molecular flexibility index (Phi) is 5.17. The first-order valence-corrected chi connectivity index (χ1v) is 8.48. The summed E-state index contributed by atoms with van der Waals surface area (Å²) in [6.45, 7) is 3.87. The SMILES string of the molecule is Cc1ccc(C(=O)Nc2ccc(N=Nc3cc(C)c(N)cc3N)cc2)cc1. The van der Waals surface area contributed by atoms with E-state index in [4.69, 9.17) is 11.5 Å². The van der Waals surface area contributed by atoms with Gasteiger partial charge in [-0.2, -0.15) is 5.11 Å². The van der Waals surface area contributed by atoms with E-state index >= 15 is 0 Å². The second kappa shape index (κ2) is 7.70. The van der Waals surface area contributed by atoms with Gasteiger partial charge in [-0.05, 0) is 67.9 Å². The molecule has 0 aliphatic heterocycles. The molecule has 6 nitrogen and oxygen atoms in total. The van der Waals surface area contributed by atoms with Crippen LogP contribution in [0.5, 0.6) is 0 Å². The average molecular weight is 359 g/mol. The van der Waals surface area contributed by atoms with Crippen LogP contribution < -0.4 is 16.8 Å². The third-order valence-electron chi connectivity index (χ3n) is 4.13. The zero-order valence-corrected chi connectivity index (χ0v) is 15.2. The fourth-order valence-electron chi connectivity index (χ4n) is 2.44. The third-order valence-corrected chi connectivity index (χ3v) is 4.13. The van der Waals surface area contributed by atoms with Crippen LogP contribution in [0.3, 0.4) is 0 Å². The van der Waals surface area contributed by atoms with Gasteiger partial charge in [0.1, 0.15) is 5.69 Å². The average Bonchev–Trinajstić information content (AvgIpc) is 2.65. The van der Waals surface area contributed by atoms with E-state index in [0.717, 1.165) is 11.1 Å². The van der Waals surface area contributed by atoms with Gasteiger partial charge in [0.2, 0.25) is 0 Å². The highest BCUT2D eigenvalue weighted by Crippen LogP contribution is 2.29.